The number of hydrogen-bond acceptors (Lipinski definition) is 4. The quantitative estimate of drug-likeness (QED) is 0.822. The van der Waals surface area contributed by atoms with Crippen LogP contribution in [0.4, 0.5) is 10.1 Å². The van der Waals surface area contributed by atoms with Crippen LogP contribution in [0.25, 0.3) is 0 Å². The SMILES string of the molecule is CC1(C)OCC(COc2ccc(F)c(N)c2)O1. The summed E-state index contributed by atoms with van der Waals surface area (Å²) in [4.78, 5) is 0. The van der Waals surface area contributed by atoms with Crippen molar-refractivity contribution in [3.63, 3.8) is 0 Å². The summed E-state index contributed by atoms with van der Waals surface area (Å²) in [6.07, 6.45) is -0.115. The average molecular weight is 241 g/mol. The summed E-state index contributed by atoms with van der Waals surface area (Å²) >= 11 is 0. The Kier molecular flexibility index (Phi) is 3.22. The highest BCUT2D eigenvalue weighted by atomic mass is 19.1. The molecule has 1 heterocycles. The zero-order chi connectivity index (χ0) is 12.5. The number of nitrogens with two attached hydrogens (primary N) is 1. The van der Waals surface area contributed by atoms with Crippen molar-refractivity contribution in [2.24, 2.45) is 0 Å². The molecule has 0 bridgehead atoms. The summed E-state index contributed by atoms with van der Waals surface area (Å²) in [5, 5.41) is 0. The first-order valence-corrected chi connectivity index (χ1v) is 5.46. The van der Waals surface area contributed by atoms with Gasteiger partial charge in [0.2, 0.25) is 0 Å². The van der Waals surface area contributed by atoms with E-state index in [0.717, 1.165) is 0 Å². The number of rotatable bonds is 3. The molecule has 0 spiro atoms. The van der Waals surface area contributed by atoms with Crippen LogP contribution in [-0.2, 0) is 9.47 Å². The van der Waals surface area contributed by atoms with Crippen LogP contribution in [0.3, 0.4) is 0 Å². The Morgan fingerprint density at radius 1 is 1.53 bits per heavy atom. The fraction of sp³-hybridized carbons (Fsp3) is 0.500. The van der Waals surface area contributed by atoms with Gasteiger partial charge in [-0.2, -0.15) is 0 Å². The van der Waals surface area contributed by atoms with Crippen molar-refractivity contribution < 1.29 is 18.6 Å². The highest BCUT2D eigenvalue weighted by Crippen LogP contribution is 2.24. The van der Waals surface area contributed by atoms with Gasteiger partial charge in [-0.05, 0) is 26.0 Å². The Balaban J connectivity index is 1.88. The number of benzene rings is 1. The highest BCUT2D eigenvalue weighted by Gasteiger charge is 2.32. The fourth-order valence-corrected chi connectivity index (χ4v) is 1.65. The average Bonchev–Trinajstić information content (AvgIpc) is 2.60. The minimum atomic E-state index is -0.560. The minimum Gasteiger partial charge on any atom is -0.491 e. The summed E-state index contributed by atoms with van der Waals surface area (Å²) in [7, 11) is 0. The van der Waals surface area contributed by atoms with E-state index in [2.05, 4.69) is 0 Å². The van der Waals surface area contributed by atoms with E-state index in [9.17, 15) is 4.39 Å². The molecule has 94 valence electrons. The van der Waals surface area contributed by atoms with Crippen LogP contribution in [-0.4, -0.2) is 25.1 Å². The van der Waals surface area contributed by atoms with Crippen molar-refractivity contribution in [1.29, 1.82) is 0 Å². The Morgan fingerprint density at radius 2 is 2.29 bits per heavy atom. The van der Waals surface area contributed by atoms with Gasteiger partial charge in [-0.3, -0.25) is 0 Å². The second kappa shape index (κ2) is 4.50. The van der Waals surface area contributed by atoms with Gasteiger partial charge in [-0.1, -0.05) is 0 Å². The van der Waals surface area contributed by atoms with Gasteiger partial charge in [0.25, 0.3) is 0 Å². The summed E-state index contributed by atoms with van der Waals surface area (Å²) in [6.45, 7) is 4.55. The molecule has 0 radical (unpaired) electrons. The third kappa shape index (κ3) is 3.08. The van der Waals surface area contributed by atoms with Crippen molar-refractivity contribution >= 4 is 5.69 Å². The van der Waals surface area contributed by atoms with Gasteiger partial charge in [0.15, 0.2) is 5.79 Å². The smallest absolute Gasteiger partial charge is 0.163 e. The molecule has 0 aromatic heterocycles. The van der Waals surface area contributed by atoms with E-state index in [4.69, 9.17) is 19.9 Å². The molecule has 0 saturated carbocycles. The number of hydrogen-bond donors (Lipinski definition) is 1. The van der Waals surface area contributed by atoms with Crippen LogP contribution < -0.4 is 10.5 Å². The molecule has 1 aromatic rings. The van der Waals surface area contributed by atoms with Crippen LogP contribution in [0.1, 0.15) is 13.8 Å². The molecule has 0 amide bonds. The van der Waals surface area contributed by atoms with E-state index in [0.29, 0.717) is 19.0 Å². The molecule has 2 rings (SSSR count). The fourth-order valence-electron chi connectivity index (χ4n) is 1.65. The molecule has 2 N–H and O–H groups in total. The topological polar surface area (TPSA) is 53.7 Å². The van der Waals surface area contributed by atoms with Crippen molar-refractivity contribution in [2.45, 2.75) is 25.7 Å². The van der Waals surface area contributed by atoms with Crippen molar-refractivity contribution in [3.05, 3.63) is 24.0 Å². The Hall–Kier alpha value is -1.33. The van der Waals surface area contributed by atoms with Gasteiger partial charge in [-0.15, -0.1) is 0 Å². The normalized spacial score (nSPS) is 22.6. The van der Waals surface area contributed by atoms with E-state index in [1.807, 2.05) is 13.8 Å². The molecule has 17 heavy (non-hydrogen) atoms. The lowest BCUT2D eigenvalue weighted by molar-refractivity contribution is -0.141. The predicted octanol–water partition coefficient (Wildman–Crippen LogP) is 1.94. The molecular formula is C12H16FNO3. The second-order valence-electron chi connectivity index (χ2n) is 4.45. The third-order valence-corrected chi connectivity index (χ3v) is 2.47. The number of anilines is 1. The Morgan fingerprint density at radius 3 is 2.88 bits per heavy atom. The molecule has 1 saturated heterocycles. The first kappa shape index (κ1) is 12.1. The van der Waals surface area contributed by atoms with Crippen molar-refractivity contribution in [1.82, 2.24) is 0 Å². The zero-order valence-corrected chi connectivity index (χ0v) is 9.90. The first-order chi connectivity index (χ1) is 7.96. The Bertz CT molecular complexity index is 409. The number of halogens is 1. The minimum absolute atomic E-state index is 0.0754. The predicted molar refractivity (Wildman–Crippen MR) is 61.2 cm³/mol. The molecular weight excluding hydrogens is 225 g/mol. The van der Waals surface area contributed by atoms with E-state index in [-0.39, 0.29) is 11.8 Å². The Labute approximate surface area is 99.5 Å². The second-order valence-corrected chi connectivity index (χ2v) is 4.45. The van der Waals surface area contributed by atoms with Crippen LogP contribution in [0.5, 0.6) is 5.75 Å². The lowest BCUT2D eigenvalue weighted by Gasteiger charge is -2.17. The van der Waals surface area contributed by atoms with Crippen LogP contribution in [0.15, 0.2) is 18.2 Å². The molecule has 0 aliphatic carbocycles. The zero-order valence-electron chi connectivity index (χ0n) is 9.90. The molecule has 1 unspecified atom stereocenters. The number of nitrogen functional groups attached to an aromatic ring is 1. The molecule has 1 atom stereocenters. The lowest BCUT2D eigenvalue weighted by atomic mass is 10.3. The highest BCUT2D eigenvalue weighted by molar-refractivity contribution is 5.45. The third-order valence-electron chi connectivity index (χ3n) is 2.47. The van der Waals surface area contributed by atoms with Crippen LogP contribution >= 0.6 is 0 Å². The van der Waals surface area contributed by atoms with Gasteiger partial charge in [0.05, 0.1) is 12.3 Å². The summed E-state index contributed by atoms with van der Waals surface area (Å²) < 4.78 is 29.4. The molecule has 1 aliphatic heterocycles. The standard InChI is InChI=1S/C12H16FNO3/c1-12(2)16-7-9(17-12)6-15-8-3-4-10(13)11(14)5-8/h3-5,9H,6-7,14H2,1-2H3. The molecule has 5 heteroatoms. The monoisotopic (exact) mass is 241 g/mol. The first-order valence-electron chi connectivity index (χ1n) is 5.46. The van der Waals surface area contributed by atoms with E-state index >= 15 is 0 Å². The van der Waals surface area contributed by atoms with Gasteiger partial charge >= 0.3 is 0 Å². The lowest BCUT2D eigenvalue weighted by Crippen LogP contribution is -2.25. The van der Waals surface area contributed by atoms with Gasteiger partial charge in [0.1, 0.15) is 24.3 Å². The maximum atomic E-state index is 12.9. The largest absolute Gasteiger partial charge is 0.491 e. The molecule has 1 aliphatic rings. The summed E-state index contributed by atoms with van der Waals surface area (Å²) in [5.74, 6) is -0.480. The molecule has 4 nitrogen and oxygen atoms in total. The van der Waals surface area contributed by atoms with Crippen LogP contribution in [0, 0.1) is 5.82 Å². The maximum absolute atomic E-state index is 12.9. The van der Waals surface area contributed by atoms with Gasteiger partial charge < -0.3 is 19.9 Å². The number of ether oxygens (including phenoxy) is 3. The molecule has 1 aromatic carbocycles. The summed E-state index contributed by atoms with van der Waals surface area (Å²) in [5.41, 5.74) is 5.51. The van der Waals surface area contributed by atoms with Gasteiger partial charge in [-0.25, -0.2) is 4.39 Å². The van der Waals surface area contributed by atoms with Crippen LogP contribution in [0.2, 0.25) is 0 Å². The molecule has 1 fully saturated rings. The maximum Gasteiger partial charge on any atom is 0.163 e. The van der Waals surface area contributed by atoms with Crippen molar-refractivity contribution in [2.75, 3.05) is 18.9 Å². The van der Waals surface area contributed by atoms with E-state index < -0.39 is 11.6 Å². The van der Waals surface area contributed by atoms with Gasteiger partial charge in [0, 0.05) is 6.07 Å². The van der Waals surface area contributed by atoms with Crippen molar-refractivity contribution in [3.8, 4) is 5.75 Å². The van der Waals surface area contributed by atoms with E-state index in [1.54, 1.807) is 0 Å². The van der Waals surface area contributed by atoms with E-state index in [1.165, 1.54) is 18.2 Å². The summed E-state index contributed by atoms with van der Waals surface area (Å²) in [6, 6.07) is 4.27.